The predicted molar refractivity (Wildman–Crippen MR) is 43.4 cm³/mol. The molecule has 0 aromatic carbocycles. The third-order valence-electron chi connectivity index (χ3n) is 1.60. The van der Waals surface area contributed by atoms with Crippen LogP contribution in [0.15, 0.2) is 0 Å². The summed E-state index contributed by atoms with van der Waals surface area (Å²) in [6.45, 7) is 1.39. The van der Waals surface area contributed by atoms with Crippen LogP contribution in [0.2, 0.25) is 0 Å². The van der Waals surface area contributed by atoms with Gasteiger partial charge in [-0.3, -0.25) is 0 Å². The molecule has 1 aliphatic heterocycles. The van der Waals surface area contributed by atoms with E-state index in [9.17, 15) is 8.42 Å². The SMILES string of the molecule is CNS(=O)(=O)C[C@H]1COCCO1. The molecule has 1 heterocycles. The third-order valence-corrected chi connectivity index (χ3v) is 3.03. The number of hydrogen-bond donors (Lipinski definition) is 1. The van der Waals surface area contributed by atoms with E-state index < -0.39 is 10.0 Å². The monoisotopic (exact) mass is 195 g/mol. The highest BCUT2D eigenvalue weighted by molar-refractivity contribution is 7.89. The summed E-state index contributed by atoms with van der Waals surface area (Å²) >= 11 is 0. The lowest BCUT2D eigenvalue weighted by molar-refractivity contribution is -0.0782. The Hall–Kier alpha value is -0.170. The molecular formula is C6H13NO4S. The Morgan fingerprint density at radius 1 is 1.50 bits per heavy atom. The zero-order valence-electron chi connectivity index (χ0n) is 6.95. The summed E-state index contributed by atoms with van der Waals surface area (Å²) in [6.07, 6.45) is -0.323. The molecule has 12 heavy (non-hydrogen) atoms. The first kappa shape index (κ1) is 9.91. The first-order valence-corrected chi connectivity index (χ1v) is 5.40. The fourth-order valence-corrected chi connectivity index (χ4v) is 1.81. The Morgan fingerprint density at radius 3 is 2.75 bits per heavy atom. The molecule has 0 unspecified atom stereocenters. The molecule has 1 atom stereocenters. The van der Waals surface area contributed by atoms with E-state index in [1.807, 2.05) is 0 Å². The second kappa shape index (κ2) is 4.18. The van der Waals surface area contributed by atoms with Gasteiger partial charge in [-0.2, -0.15) is 0 Å². The van der Waals surface area contributed by atoms with E-state index in [-0.39, 0.29) is 11.9 Å². The summed E-state index contributed by atoms with van der Waals surface area (Å²) in [4.78, 5) is 0. The average Bonchev–Trinajstić information content (AvgIpc) is 2.06. The molecule has 5 nitrogen and oxygen atoms in total. The van der Waals surface area contributed by atoms with E-state index in [1.54, 1.807) is 0 Å². The number of rotatable bonds is 3. The zero-order chi connectivity index (χ0) is 9.03. The first-order chi connectivity index (χ1) is 5.64. The highest BCUT2D eigenvalue weighted by atomic mass is 32.2. The van der Waals surface area contributed by atoms with Crippen LogP contribution in [0.4, 0.5) is 0 Å². The second-order valence-corrected chi connectivity index (χ2v) is 4.52. The van der Waals surface area contributed by atoms with Crippen molar-refractivity contribution in [1.82, 2.24) is 4.72 Å². The van der Waals surface area contributed by atoms with Gasteiger partial charge in [-0.15, -0.1) is 0 Å². The zero-order valence-corrected chi connectivity index (χ0v) is 7.76. The average molecular weight is 195 g/mol. The molecule has 0 amide bonds. The Kier molecular flexibility index (Phi) is 3.45. The highest BCUT2D eigenvalue weighted by Gasteiger charge is 2.20. The van der Waals surface area contributed by atoms with Gasteiger partial charge in [-0.1, -0.05) is 0 Å². The van der Waals surface area contributed by atoms with Crippen molar-refractivity contribution >= 4 is 10.0 Å². The van der Waals surface area contributed by atoms with Gasteiger partial charge in [0.1, 0.15) is 0 Å². The van der Waals surface area contributed by atoms with Crippen molar-refractivity contribution in [2.24, 2.45) is 0 Å². The topological polar surface area (TPSA) is 64.6 Å². The van der Waals surface area contributed by atoms with E-state index >= 15 is 0 Å². The maximum absolute atomic E-state index is 11.0. The minimum Gasteiger partial charge on any atom is -0.376 e. The summed E-state index contributed by atoms with van der Waals surface area (Å²) in [5.41, 5.74) is 0. The van der Waals surface area contributed by atoms with Gasteiger partial charge in [0, 0.05) is 0 Å². The molecule has 0 radical (unpaired) electrons. The van der Waals surface area contributed by atoms with Crippen LogP contribution in [-0.4, -0.2) is 47.1 Å². The number of sulfonamides is 1. The fourth-order valence-electron chi connectivity index (χ4n) is 0.961. The summed E-state index contributed by atoms with van der Waals surface area (Å²) < 4.78 is 34.5. The van der Waals surface area contributed by atoms with Crippen molar-refractivity contribution in [3.63, 3.8) is 0 Å². The summed E-state index contributed by atoms with van der Waals surface area (Å²) in [5.74, 6) is -0.0243. The van der Waals surface area contributed by atoms with Crippen molar-refractivity contribution < 1.29 is 17.9 Å². The van der Waals surface area contributed by atoms with Crippen LogP contribution in [0.5, 0.6) is 0 Å². The van der Waals surface area contributed by atoms with E-state index in [0.717, 1.165) is 0 Å². The van der Waals surface area contributed by atoms with Crippen LogP contribution < -0.4 is 4.72 Å². The minimum absolute atomic E-state index is 0.0243. The lowest BCUT2D eigenvalue weighted by Gasteiger charge is -2.22. The van der Waals surface area contributed by atoms with Crippen LogP contribution in [0, 0.1) is 0 Å². The van der Waals surface area contributed by atoms with Crippen LogP contribution in [-0.2, 0) is 19.5 Å². The Bertz CT molecular complexity index is 220. The number of hydrogen-bond acceptors (Lipinski definition) is 4. The van der Waals surface area contributed by atoms with Crippen molar-refractivity contribution in [1.29, 1.82) is 0 Å². The van der Waals surface area contributed by atoms with Crippen molar-refractivity contribution in [2.75, 3.05) is 32.6 Å². The van der Waals surface area contributed by atoms with Crippen LogP contribution in [0.1, 0.15) is 0 Å². The van der Waals surface area contributed by atoms with Crippen LogP contribution in [0.25, 0.3) is 0 Å². The molecule has 0 saturated carbocycles. The lowest BCUT2D eigenvalue weighted by atomic mass is 10.4. The van der Waals surface area contributed by atoms with Gasteiger partial charge in [0.2, 0.25) is 10.0 Å². The summed E-state index contributed by atoms with van der Waals surface area (Å²) in [6, 6.07) is 0. The van der Waals surface area contributed by atoms with Gasteiger partial charge in [0.05, 0.1) is 31.7 Å². The molecule has 0 bridgehead atoms. The Labute approximate surface area is 72.1 Å². The standard InChI is InChI=1S/C6H13NO4S/c1-7-12(8,9)5-6-4-10-2-3-11-6/h6-7H,2-5H2,1H3/t6-/m1/s1. The molecule has 1 fully saturated rings. The summed E-state index contributed by atoms with van der Waals surface area (Å²) in [7, 11) is -1.79. The van der Waals surface area contributed by atoms with Gasteiger partial charge in [-0.05, 0) is 7.05 Å². The quantitative estimate of drug-likeness (QED) is 0.624. The first-order valence-electron chi connectivity index (χ1n) is 3.74. The second-order valence-electron chi connectivity index (χ2n) is 2.55. The number of ether oxygens (including phenoxy) is 2. The molecule has 1 aliphatic rings. The molecule has 0 aliphatic carbocycles. The number of nitrogens with one attached hydrogen (secondary N) is 1. The molecule has 6 heteroatoms. The minimum atomic E-state index is -3.17. The van der Waals surface area contributed by atoms with Crippen molar-refractivity contribution in [2.45, 2.75) is 6.10 Å². The molecule has 1 rings (SSSR count). The smallest absolute Gasteiger partial charge is 0.213 e. The van der Waals surface area contributed by atoms with Crippen molar-refractivity contribution in [3.8, 4) is 0 Å². The molecule has 0 aromatic rings. The van der Waals surface area contributed by atoms with Gasteiger partial charge in [0.25, 0.3) is 0 Å². The molecule has 1 N–H and O–H groups in total. The Balaban J connectivity index is 2.39. The van der Waals surface area contributed by atoms with Gasteiger partial charge in [-0.25, -0.2) is 13.1 Å². The predicted octanol–water partition coefficient (Wildman–Crippen LogP) is -1.05. The molecule has 72 valence electrons. The maximum atomic E-state index is 11.0. The lowest BCUT2D eigenvalue weighted by Crippen LogP contribution is -2.37. The molecule has 0 aromatic heterocycles. The van der Waals surface area contributed by atoms with Crippen molar-refractivity contribution in [3.05, 3.63) is 0 Å². The molecule has 0 spiro atoms. The highest BCUT2D eigenvalue weighted by Crippen LogP contribution is 2.02. The summed E-state index contributed by atoms with van der Waals surface area (Å²) in [5, 5.41) is 0. The maximum Gasteiger partial charge on any atom is 0.213 e. The van der Waals surface area contributed by atoms with Gasteiger partial charge >= 0.3 is 0 Å². The third kappa shape index (κ3) is 3.06. The van der Waals surface area contributed by atoms with Crippen LogP contribution in [0.3, 0.4) is 0 Å². The fraction of sp³-hybridized carbons (Fsp3) is 1.00. The van der Waals surface area contributed by atoms with Gasteiger partial charge < -0.3 is 9.47 Å². The normalized spacial score (nSPS) is 25.6. The molecular weight excluding hydrogens is 182 g/mol. The molecule has 1 saturated heterocycles. The van der Waals surface area contributed by atoms with E-state index in [4.69, 9.17) is 9.47 Å². The largest absolute Gasteiger partial charge is 0.376 e. The van der Waals surface area contributed by atoms with E-state index in [0.29, 0.717) is 19.8 Å². The van der Waals surface area contributed by atoms with E-state index in [1.165, 1.54) is 7.05 Å². The van der Waals surface area contributed by atoms with Gasteiger partial charge in [0.15, 0.2) is 0 Å². The Morgan fingerprint density at radius 2 is 2.25 bits per heavy atom. The van der Waals surface area contributed by atoms with Crippen LogP contribution >= 0.6 is 0 Å². The van der Waals surface area contributed by atoms with E-state index in [2.05, 4.69) is 4.72 Å².